The Labute approximate surface area is 199 Å². The molecule has 0 aromatic carbocycles. The maximum atomic E-state index is 10.9. The molecular formula is C25H44O8. The zero-order chi connectivity index (χ0) is 24.8. The topological polar surface area (TPSA) is 84.8 Å². The van der Waals surface area contributed by atoms with Crippen LogP contribution >= 0.6 is 0 Å². The molecule has 0 aromatic heterocycles. The Kier molecular flexibility index (Phi) is 11.0. The van der Waals surface area contributed by atoms with E-state index in [1.807, 2.05) is 32.1 Å². The normalized spacial score (nSPS) is 38.2. The number of hydrogen-bond acceptors (Lipinski definition) is 8. The highest BCUT2D eigenvalue weighted by Gasteiger charge is 2.50. The summed E-state index contributed by atoms with van der Waals surface area (Å²) in [5.41, 5.74) is 0.947. The fraction of sp³-hybridized carbons (Fsp3) is 0.840. The lowest BCUT2D eigenvalue weighted by atomic mass is 9.81. The number of methoxy groups -OCH3 is 5. The second-order valence-electron chi connectivity index (χ2n) is 9.09. The SMILES string of the molecule is CC[C@H](OC)[C@@H](C)[C@H]1C[C@](O)([C@H](C)/C=C/C=C(\C)[C@H]2O[C@H](OC)[C@H](OC)[C@@H](OC)[C@@H]2OC)O1. The molecule has 8 heteroatoms. The summed E-state index contributed by atoms with van der Waals surface area (Å²) in [5.74, 6) is -1.10. The van der Waals surface area contributed by atoms with Gasteiger partial charge < -0.3 is 38.3 Å². The van der Waals surface area contributed by atoms with Crippen LogP contribution in [0.1, 0.15) is 40.5 Å². The molecule has 2 saturated heterocycles. The second-order valence-corrected chi connectivity index (χ2v) is 9.09. The molecule has 0 saturated carbocycles. The van der Waals surface area contributed by atoms with Crippen LogP contribution in [0.15, 0.2) is 23.8 Å². The van der Waals surface area contributed by atoms with Crippen molar-refractivity contribution < 1.29 is 38.3 Å². The molecular weight excluding hydrogens is 428 g/mol. The summed E-state index contributed by atoms with van der Waals surface area (Å²) < 4.78 is 40.0. The van der Waals surface area contributed by atoms with E-state index < -0.39 is 18.2 Å². The van der Waals surface area contributed by atoms with Gasteiger partial charge in [0, 0.05) is 53.8 Å². The molecule has 2 heterocycles. The predicted octanol–water partition coefficient (Wildman–Crippen LogP) is 3.08. The van der Waals surface area contributed by atoms with Crippen LogP contribution in [-0.2, 0) is 33.2 Å². The molecule has 33 heavy (non-hydrogen) atoms. The molecule has 0 amide bonds. The molecule has 0 radical (unpaired) electrons. The molecule has 1 N–H and O–H groups in total. The van der Waals surface area contributed by atoms with Crippen molar-refractivity contribution in [1.29, 1.82) is 0 Å². The highest BCUT2D eigenvalue weighted by molar-refractivity contribution is 5.19. The lowest BCUT2D eigenvalue weighted by Crippen LogP contribution is -2.60. The quantitative estimate of drug-likeness (QED) is 0.434. The van der Waals surface area contributed by atoms with E-state index in [0.29, 0.717) is 6.42 Å². The van der Waals surface area contributed by atoms with Gasteiger partial charge >= 0.3 is 0 Å². The van der Waals surface area contributed by atoms with E-state index in [1.165, 1.54) is 0 Å². The second kappa shape index (κ2) is 12.7. The minimum absolute atomic E-state index is 0.00295. The molecule has 2 fully saturated rings. The number of hydrogen-bond donors (Lipinski definition) is 1. The largest absolute Gasteiger partial charge is 0.381 e. The molecule has 2 aliphatic rings. The van der Waals surface area contributed by atoms with Crippen LogP contribution in [0.25, 0.3) is 0 Å². The van der Waals surface area contributed by atoms with Gasteiger partial charge in [-0.3, -0.25) is 0 Å². The lowest BCUT2D eigenvalue weighted by molar-refractivity contribution is -0.351. The zero-order valence-corrected chi connectivity index (χ0v) is 21.6. The fourth-order valence-electron chi connectivity index (χ4n) is 4.88. The third-order valence-corrected chi connectivity index (χ3v) is 7.19. The van der Waals surface area contributed by atoms with Crippen molar-refractivity contribution >= 4 is 0 Å². The summed E-state index contributed by atoms with van der Waals surface area (Å²) in [4.78, 5) is 0. The minimum atomic E-state index is -1.16. The Balaban J connectivity index is 2.03. The third kappa shape index (κ3) is 6.24. The molecule has 0 aliphatic carbocycles. The number of aliphatic hydroxyl groups is 1. The van der Waals surface area contributed by atoms with E-state index in [4.69, 9.17) is 33.2 Å². The summed E-state index contributed by atoms with van der Waals surface area (Å²) in [6.45, 7) is 8.13. The first kappa shape index (κ1) is 28.4. The average molecular weight is 473 g/mol. The molecule has 2 rings (SSSR count). The van der Waals surface area contributed by atoms with Crippen molar-refractivity contribution in [2.45, 2.75) is 89.2 Å². The maximum Gasteiger partial charge on any atom is 0.186 e. The van der Waals surface area contributed by atoms with Gasteiger partial charge in [-0.25, -0.2) is 0 Å². The van der Waals surface area contributed by atoms with Gasteiger partial charge in [-0.1, -0.05) is 39.0 Å². The van der Waals surface area contributed by atoms with E-state index in [2.05, 4.69) is 13.8 Å². The number of rotatable bonds is 12. The van der Waals surface area contributed by atoms with Crippen LogP contribution < -0.4 is 0 Å². The van der Waals surface area contributed by atoms with Crippen molar-refractivity contribution in [2.24, 2.45) is 11.8 Å². The molecule has 0 aromatic rings. The first-order valence-electron chi connectivity index (χ1n) is 11.8. The van der Waals surface area contributed by atoms with E-state index in [9.17, 15) is 5.11 Å². The summed E-state index contributed by atoms with van der Waals surface area (Å²) in [7, 11) is 8.16. The smallest absolute Gasteiger partial charge is 0.186 e. The Morgan fingerprint density at radius 2 is 1.64 bits per heavy atom. The van der Waals surface area contributed by atoms with Crippen LogP contribution in [0.5, 0.6) is 0 Å². The Morgan fingerprint density at radius 1 is 1.03 bits per heavy atom. The highest BCUT2D eigenvalue weighted by Crippen LogP contribution is 2.42. The van der Waals surface area contributed by atoms with Crippen molar-refractivity contribution in [3.63, 3.8) is 0 Å². The van der Waals surface area contributed by atoms with Gasteiger partial charge in [-0.15, -0.1) is 0 Å². The van der Waals surface area contributed by atoms with Crippen LogP contribution in [0.3, 0.4) is 0 Å². The van der Waals surface area contributed by atoms with Crippen LogP contribution in [-0.4, -0.2) is 89.4 Å². The van der Waals surface area contributed by atoms with Crippen LogP contribution in [0, 0.1) is 11.8 Å². The molecule has 0 bridgehead atoms. The summed E-state index contributed by atoms with van der Waals surface area (Å²) in [6, 6.07) is 0. The Hall–Kier alpha value is -0.840. The van der Waals surface area contributed by atoms with Gasteiger partial charge in [0.25, 0.3) is 0 Å². The van der Waals surface area contributed by atoms with Crippen molar-refractivity contribution in [3.05, 3.63) is 23.8 Å². The third-order valence-electron chi connectivity index (χ3n) is 7.19. The van der Waals surface area contributed by atoms with Crippen molar-refractivity contribution in [1.82, 2.24) is 0 Å². The van der Waals surface area contributed by atoms with Gasteiger partial charge in [0.2, 0.25) is 0 Å². The van der Waals surface area contributed by atoms with Gasteiger partial charge in [0.15, 0.2) is 12.1 Å². The molecule has 192 valence electrons. The average Bonchev–Trinajstić information content (AvgIpc) is 2.80. The maximum absolute atomic E-state index is 10.9. The van der Waals surface area contributed by atoms with Crippen molar-refractivity contribution in [2.75, 3.05) is 35.5 Å². The minimum Gasteiger partial charge on any atom is -0.381 e. The first-order valence-corrected chi connectivity index (χ1v) is 11.8. The molecule has 10 atom stereocenters. The molecule has 2 aliphatic heterocycles. The predicted molar refractivity (Wildman–Crippen MR) is 125 cm³/mol. The molecule has 0 spiro atoms. The summed E-state index contributed by atoms with van der Waals surface area (Å²) in [6.07, 6.45) is 5.39. The molecule has 0 unspecified atom stereocenters. The van der Waals surface area contributed by atoms with E-state index in [1.54, 1.807) is 35.5 Å². The first-order chi connectivity index (χ1) is 15.7. The number of ether oxygens (including phenoxy) is 7. The van der Waals surface area contributed by atoms with Crippen LogP contribution in [0.4, 0.5) is 0 Å². The Bertz CT molecular complexity index is 640. The van der Waals surface area contributed by atoms with Crippen LogP contribution in [0.2, 0.25) is 0 Å². The lowest BCUT2D eigenvalue weighted by Gasteiger charge is -2.50. The van der Waals surface area contributed by atoms with Gasteiger partial charge in [-0.2, -0.15) is 0 Å². The standard InChI is InChI=1S/C25H44O8/c1-10-18(27-5)17(4)19-14-25(26,33-19)16(3)13-11-12-15(2)20-21(28-6)22(29-7)23(30-8)24(31-9)32-20/h11-13,16-24,26H,10,14H2,1-9H3/b13-11+,15-12+/t16-,17-,18+,19-,20-,21-,22+,23-,24+,25-/m1/s1. The van der Waals surface area contributed by atoms with Gasteiger partial charge in [-0.05, 0) is 18.9 Å². The van der Waals surface area contributed by atoms with Gasteiger partial charge in [0.05, 0.1) is 12.2 Å². The summed E-state index contributed by atoms with van der Waals surface area (Å²) >= 11 is 0. The monoisotopic (exact) mass is 472 g/mol. The highest BCUT2D eigenvalue weighted by atomic mass is 16.7. The molecule has 8 nitrogen and oxygen atoms in total. The number of allylic oxidation sites excluding steroid dienone is 2. The van der Waals surface area contributed by atoms with E-state index >= 15 is 0 Å². The van der Waals surface area contributed by atoms with Gasteiger partial charge in [0.1, 0.15) is 24.4 Å². The van der Waals surface area contributed by atoms with Crippen molar-refractivity contribution in [3.8, 4) is 0 Å². The Morgan fingerprint density at radius 3 is 2.12 bits per heavy atom. The fourth-order valence-corrected chi connectivity index (χ4v) is 4.88. The van der Waals surface area contributed by atoms with E-state index in [-0.39, 0.29) is 42.4 Å². The van der Waals surface area contributed by atoms with E-state index in [0.717, 1.165) is 12.0 Å². The zero-order valence-electron chi connectivity index (χ0n) is 21.6. The summed E-state index contributed by atoms with van der Waals surface area (Å²) in [5, 5.41) is 10.9.